The molecule has 0 aromatic heterocycles. The average molecular weight is 222 g/mol. The molecule has 1 rings (SSSR count). The molecule has 0 saturated heterocycles. The quantitative estimate of drug-likeness (QED) is 0.647. The topological polar surface area (TPSA) is 0 Å². The van der Waals surface area contributed by atoms with Gasteiger partial charge < -0.3 is 0 Å². The molecule has 0 spiro atoms. The standard InChI is InChI=1S/C14H16F2/c1-6-8(2)7-12-11(5)13(15)9(3)10(4)14(12)16/h6-7H,1H2,2-5H3/b8-7-. The van der Waals surface area contributed by atoms with Gasteiger partial charge in [0.05, 0.1) is 0 Å². The fraction of sp³-hybridized carbons (Fsp3) is 0.286. The summed E-state index contributed by atoms with van der Waals surface area (Å²) in [5.74, 6) is -0.681. The Morgan fingerprint density at radius 2 is 1.50 bits per heavy atom. The molecule has 1 aromatic rings. The first-order valence-electron chi connectivity index (χ1n) is 5.15. The summed E-state index contributed by atoms with van der Waals surface area (Å²) in [5, 5.41) is 0. The van der Waals surface area contributed by atoms with E-state index in [2.05, 4.69) is 6.58 Å². The molecule has 0 heterocycles. The van der Waals surface area contributed by atoms with Crippen LogP contribution in [0.15, 0.2) is 18.2 Å². The predicted octanol–water partition coefficient (Wildman–Crippen LogP) is 4.48. The van der Waals surface area contributed by atoms with Gasteiger partial charge in [0.2, 0.25) is 0 Å². The van der Waals surface area contributed by atoms with Crippen LogP contribution in [-0.4, -0.2) is 0 Å². The summed E-state index contributed by atoms with van der Waals surface area (Å²) in [4.78, 5) is 0. The monoisotopic (exact) mass is 222 g/mol. The molecule has 0 aliphatic carbocycles. The predicted molar refractivity (Wildman–Crippen MR) is 64.4 cm³/mol. The van der Waals surface area contributed by atoms with Crippen molar-refractivity contribution in [2.45, 2.75) is 27.7 Å². The van der Waals surface area contributed by atoms with Crippen LogP contribution in [0.1, 0.15) is 29.2 Å². The van der Waals surface area contributed by atoms with Gasteiger partial charge in [0, 0.05) is 5.56 Å². The van der Waals surface area contributed by atoms with Crippen molar-refractivity contribution in [1.29, 1.82) is 0 Å². The van der Waals surface area contributed by atoms with Crippen LogP contribution in [0.2, 0.25) is 0 Å². The lowest BCUT2D eigenvalue weighted by Gasteiger charge is -2.11. The molecule has 2 heteroatoms. The molecule has 0 radical (unpaired) electrons. The molecule has 0 saturated carbocycles. The van der Waals surface area contributed by atoms with Gasteiger partial charge in [-0.05, 0) is 50.5 Å². The Bertz CT molecular complexity index is 439. The first kappa shape index (κ1) is 12.6. The Labute approximate surface area is 95.3 Å². The first-order chi connectivity index (χ1) is 7.40. The Kier molecular flexibility index (Phi) is 3.63. The fourth-order valence-electron chi connectivity index (χ4n) is 1.55. The zero-order valence-electron chi connectivity index (χ0n) is 10.1. The summed E-state index contributed by atoms with van der Waals surface area (Å²) in [7, 11) is 0. The highest BCUT2D eigenvalue weighted by Crippen LogP contribution is 2.26. The molecule has 0 fully saturated rings. The number of hydrogen-bond acceptors (Lipinski definition) is 0. The third kappa shape index (κ3) is 2.06. The van der Waals surface area contributed by atoms with Gasteiger partial charge in [-0.25, -0.2) is 8.78 Å². The Morgan fingerprint density at radius 3 is 2.00 bits per heavy atom. The molecule has 0 bridgehead atoms. The second-order valence-electron chi connectivity index (χ2n) is 4.01. The summed E-state index contributed by atoms with van der Waals surface area (Å²) in [6.07, 6.45) is 3.24. The van der Waals surface area contributed by atoms with E-state index in [1.807, 2.05) is 0 Å². The molecular formula is C14H16F2. The van der Waals surface area contributed by atoms with Crippen LogP contribution >= 0.6 is 0 Å². The summed E-state index contributed by atoms with van der Waals surface area (Å²) in [5.41, 5.74) is 2.22. The van der Waals surface area contributed by atoms with Gasteiger partial charge >= 0.3 is 0 Å². The van der Waals surface area contributed by atoms with E-state index in [9.17, 15) is 8.78 Å². The molecule has 0 nitrogen and oxygen atoms in total. The van der Waals surface area contributed by atoms with Gasteiger partial charge in [0.25, 0.3) is 0 Å². The van der Waals surface area contributed by atoms with Crippen molar-refractivity contribution in [3.8, 4) is 0 Å². The van der Waals surface area contributed by atoms with E-state index in [1.54, 1.807) is 39.8 Å². The first-order valence-corrected chi connectivity index (χ1v) is 5.15. The molecule has 16 heavy (non-hydrogen) atoms. The minimum absolute atomic E-state index is 0.318. The molecule has 0 N–H and O–H groups in total. The summed E-state index contributed by atoms with van der Waals surface area (Å²) >= 11 is 0. The normalized spacial score (nSPS) is 11.8. The molecule has 0 unspecified atom stereocenters. The average Bonchev–Trinajstić information content (AvgIpc) is 2.29. The largest absolute Gasteiger partial charge is 0.206 e. The number of allylic oxidation sites excluding steroid dienone is 2. The van der Waals surface area contributed by atoms with E-state index in [0.717, 1.165) is 5.57 Å². The second kappa shape index (κ2) is 4.60. The Hall–Kier alpha value is -1.44. The highest BCUT2D eigenvalue weighted by Gasteiger charge is 2.15. The van der Waals surface area contributed by atoms with Gasteiger partial charge in [0.15, 0.2) is 0 Å². The fourth-order valence-corrected chi connectivity index (χ4v) is 1.55. The van der Waals surface area contributed by atoms with Crippen LogP contribution in [0.5, 0.6) is 0 Å². The van der Waals surface area contributed by atoms with Gasteiger partial charge in [-0.2, -0.15) is 0 Å². The number of hydrogen-bond donors (Lipinski definition) is 0. The molecular weight excluding hydrogens is 206 g/mol. The van der Waals surface area contributed by atoms with Crippen LogP contribution in [-0.2, 0) is 0 Å². The number of halogens is 2. The van der Waals surface area contributed by atoms with Crippen LogP contribution in [0, 0.1) is 32.4 Å². The SMILES string of the molecule is C=C/C(C)=C\c1c(C)c(F)c(C)c(C)c1F. The van der Waals surface area contributed by atoms with E-state index in [0.29, 0.717) is 22.3 Å². The van der Waals surface area contributed by atoms with Crippen LogP contribution in [0.3, 0.4) is 0 Å². The van der Waals surface area contributed by atoms with Gasteiger partial charge in [-0.3, -0.25) is 0 Å². The van der Waals surface area contributed by atoms with E-state index in [-0.39, 0.29) is 11.6 Å². The van der Waals surface area contributed by atoms with Crippen molar-refractivity contribution in [2.24, 2.45) is 0 Å². The van der Waals surface area contributed by atoms with Crippen molar-refractivity contribution < 1.29 is 8.78 Å². The minimum Gasteiger partial charge on any atom is -0.206 e. The maximum Gasteiger partial charge on any atom is 0.134 e. The van der Waals surface area contributed by atoms with Crippen LogP contribution in [0.4, 0.5) is 8.78 Å². The summed E-state index contributed by atoms with van der Waals surface area (Å²) in [6.45, 7) is 10.2. The van der Waals surface area contributed by atoms with Gasteiger partial charge in [0.1, 0.15) is 11.6 Å². The third-order valence-electron chi connectivity index (χ3n) is 2.88. The van der Waals surface area contributed by atoms with E-state index >= 15 is 0 Å². The van der Waals surface area contributed by atoms with Crippen molar-refractivity contribution in [3.63, 3.8) is 0 Å². The molecule has 0 aliphatic rings. The number of rotatable bonds is 2. The lowest BCUT2D eigenvalue weighted by atomic mass is 9.97. The highest BCUT2D eigenvalue weighted by atomic mass is 19.1. The van der Waals surface area contributed by atoms with Gasteiger partial charge in [-0.1, -0.05) is 18.2 Å². The third-order valence-corrected chi connectivity index (χ3v) is 2.88. The van der Waals surface area contributed by atoms with Crippen molar-refractivity contribution in [2.75, 3.05) is 0 Å². The lowest BCUT2D eigenvalue weighted by Crippen LogP contribution is -2.01. The Balaban J connectivity index is 3.58. The van der Waals surface area contributed by atoms with E-state index in [4.69, 9.17) is 0 Å². The summed E-state index contributed by atoms with van der Waals surface area (Å²) in [6, 6.07) is 0. The van der Waals surface area contributed by atoms with Crippen molar-refractivity contribution in [1.82, 2.24) is 0 Å². The van der Waals surface area contributed by atoms with Crippen LogP contribution in [0.25, 0.3) is 6.08 Å². The van der Waals surface area contributed by atoms with E-state index < -0.39 is 0 Å². The van der Waals surface area contributed by atoms with Crippen LogP contribution < -0.4 is 0 Å². The summed E-state index contributed by atoms with van der Waals surface area (Å²) < 4.78 is 27.7. The second-order valence-corrected chi connectivity index (χ2v) is 4.01. The van der Waals surface area contributed by atoms with Gasteiger partial charge in [-0.15, -0.1) is 0 Å². The molecule has 0 atom stereocenters. The highest BCUT2D eigenvalue weighted by molar-refractivity contribution is 5.61. The molecule has 0 aliphatic heterocycles. The Morgan fingerprint density at radius 1 is 1.00 bits per heavy atom. The molecule has 1 aromatic carbocycles. The smallest absolute Gasteiger partial charge is 0.134 e. The van der Waals surface area contributed by atoms with Crippen molar-refractivity contribution >= 4 is 6.08 Å². The minimum atomic E-state index is -0.349. The molecule has 86 valence electrons. The van der Waals surface area contributed by atoms with E-state index in [1.165, 1.54) is 0 Å². The van der Waals surface area contributed by atoms with Crippen molar-refractivity contribution in [3.05, 3.63) is 52.1 Å². The maximum absolute atomic E-state index is 14.0. The lowest BCUT2D eigenvalue weighted by molar-refractivity contribution is 0.574. The number of benzene rings is 1. The zero-order valence-corrected chi connectivity index (χ0v) is 10.1. The molecule has 0 amide bonds. The zero-order chi connectivity index (χ0) is 12.5. The maximum atomic E-state index is 14.0.